The summed E-state index contributed by atoms with van der Waals surface area (Å²) < 4.78 is 5.85. The third kappa shape index (κ3) is 5.67. The molecular formula is C27H39N3O3. The maximum Gasteiger partial charge on any atom is 0.335 e. The number of amides is 1. The van der Waals surface area contributed by atoms with Gasteiger partial charge in [0.2, 0.25) is 0 Å². The van der Waals surface area contributed by atoms with E-state index in [2.05, 4.69) is 53.2 Å². The Morgan fingerprint density at radius 1 is 1.09 bits per heavy atom. The average Bonchev–Trinajstić information content (AvgIpc) is 3.02. The highest BCUT2D eigenvalue weighted by Crippen LogP contribution is 2.41. The largest absolute Gasteiger partial charge is 0.450 e. The van der Waals surface area contributed by atoms with Crippen LogP contribution in [0.3, 0.4) is 0 Å². The van der Waals surface area contributed by atoms with E-state index in [4.69, 9.17) is 4.74 Å². The molecule has 2 atom stereocenters. The van der Waals surface area contributed by atoms with Crippen LogP contribution in [0.5, 0.6) is 0 Å². The molecule has 3 aliphatic heterocycles. The summed E-state index contributed by atoms with van der Waals surface area (Å²) in [7, 11) is 0. The van der Waals surface area contributed by atoms with Gasteiger partial charge in [-0.05, 0) is 43.7 Å². The van der Waals surface area contributed by atoms with Gasteiger partial charge in [-0.15, -0.1) is 0 Å². The molecule has 3 aliphatic rings. The van der Waals surface area contributed by atoms with Crippen LogP contribution in [-0.2, 0) is 20.9 Å². The molecule has 2 saturated heterocycles. The van der Waals surface area contributed by atoms with Crippen molar-refractivity contribution in [2.45, 2.75) is 58.6 Å². The average molecular weight is 454 g/mol. The van der Waals surface area contributed by atoms with Gasteiger partial charge in [0.15, 0.2) is 0 Å². The predicted molar refractivity (Wildman–Crippen MR) is 129 cm³/mol. The topological polar surface area (TPSA) is 61.9 Å². The summed E-state index contributed by atoms with van der Waals surface area (Å²) in [5.74, 6) is 1.01. The van der Waals surface area contributed by atoms with Crippen LogP contribution in [0, 0.1) is 11.8 Å². The molecule has 4 rings (SSSR count). The van der Waals surface area contributed by atoms with Gasteiger partial charge in [-0.3, -0.25) is 9.69 Å². The van der Waals surface area contributed by atoms with Crippen LogP contribution >= 0.6 is 0 Å². The molecule has 0 unspecified atom stereocenters. The number of nitrogens with one attached hydrogen (secondary N) is 1. The lowest BCUT2D eigenvalue weighted by Crippen LogP contribution is -2.48. The monoisotopic (exact) mass is 453 g/mol. The van der Waals surface area contributed by atoms with Gasteiger partial charge < -0.3 is 15.0 Å². The standard InChI is InChI=1S/C27H39N3O3/c1-20-16-21(2)18-30(17-20)13-7-12-28-25(31)24-22(3)26(32)33-27(24)10-14-29(15-11-27)19-23-8-5-4-6-9-23/h4-6,8-9,20-21H,7,10-19H2,1-3H3,(H,28,31)/t20-,21+. The third-order valence-electron chi connectivity index (χ3n) is 7.45. The number of piperidine rings is 2. The van der Waals surface area contributed by atoms with Gasteiger partial charge in [0, 0.05) is 57.7 Å². The molecule has 1 aromatic rings. The van der Waals surface area contributed by atoms with Crippen molar-refractivity contribution in [1.82, 2.24) is 15.1 Å². The van der Waals surface area contributed by atoms with Crippen molar-refractivity contribution < 1.29 is 14.3 Å². The molecule has 1 N–H and O–H groups in total. The summed E-state index contributed by atoms with van der Waals surface area (Å²) in [6.07, 6.45) is 3.55. The number of benzene rings is 1. The molecule has 0 radical (unpaired) electrons. The van der Waals surface area contributed by atoms with Gasteiger partial charge in [-0.2, -0.15) is 0 Å². The van der Waals surface area contributed by atoms with E-state index in [0.717, 1.165) is 57.5 Å². The molecule has 0 bridgehead atoms. The molecule has 6 nitrogen and oxygen atoms in total. The fraction of sp³-hybridized carbons (Fsp3) is 0.630. The van der Waals surface area contributed by atoms with Crippen molar-refractivity contribution in [3.8, 4) is 0 Å². The smallest absolute Gasteiger partial charge is 0.335 e. The SMILES string of the molecule is CC1=C(C(=O)NCCCN2C[C@H](C)C[C@H](C)C2)C2(CCN(Cc3ccccc3)CC2)OC1=O. The molecular weight excluding hydrogens is 414 g/mol. The van der Waals surface area contributed by atoms with Crippen molar-refractivity contribution in [2.75, 3.05) is 39.3 Å². The molecule has 2 fully saturated rings. The molecule has 1 aromatic carbocycles. The second kappa shape index (κ2) is 10.4. The molecule has 6 heteroatoms. The number of rotatable bonds is 7. The highest BCUT2D eigenvalue weighted by atomic mass is 16.6. The summed E-state index contributed by atoms with van der Waals surface area (Å²) in [6, 6.07) is 10.4. The van der Waals surface area contributed by atoms with Crippen LogP contribution in [0.2, 0.25) is 0 Å². The number of hydrogen-bond acceptors (Lipinski definition) is 5. The first-order valence-corrected chi connectivity index (χ1v) is 12.6. The summed E-state index contributed by atoms with van der Waals surface area (Å²) in [5.41, 5.74) is 1.55. The van der Waals surface area contributed by atoms with Crippen LogP contribution in [-0.4, -0.2) is 66.5 Å². The van der Waals surface area contributed by atoms with Crippen LogP contribution in [0.15, 0.2) is 41.5 Å². The van der Waals surface area contributed by atoms with E-state index < -0.39 is 5.60 Å². The number of carbonyl (C=O) groups excluding carboxylic acids is 2. The van der Waals surface area contributed by atoms with E-state index in [0.29, 0.717) is 30.5 Å². The number of esters is 1. The molecule has 180 valence electrons. The molecule has 0 saturated carbocycles. The lowest BCUT2D eigenvalue weighted by molar-refractivity contribution is -0.151. The second-order valence-electron chi connectivity index (χ2n) is 10.5. The molecule has 1 amide bonds. The van der Waals surface area contributed by atoms with Crippen LogP contribution in [0.1, 0.15) is 52.0 Å². The summed E-state index contributed by atoms with van der Waals surface area (Å²) in [5, 5.41) is 3.09. The number of carbonyl (C=O) groups is 2. The highest BCUT2D eigenvalue weighted by molar-refractivity contribution is 6.07. The quantitative estimate of drug-likeness (QED) is 0.507. The first-order chi connectivity index (χ1) is 15.9. The summed E-state index contributed by atoms with van der Waals surface area (Å²) >= 11 is 0. The van der Waals surface area contributed by atoms with Crippen LogP contribution in [0.4, 0.5) is 0 Å². The van der Waals surface area contributed by atoms with E-state index in [-0.39, 0.29) is 11.9 Å². The summed E-state index contributed by atoms with van der Waals surface area (Å²) in [4.78, 5) is 30.5. The number of hydrogen-bond donors (Lipinski definition) is 1. The Morgan fingerprint density at radius 2 is 1.76 bits per heavy atom. The van der Waals surface area contributed by atoms with Gasteiger partial charge in [-0.25, -0.2) is 4.79 Å². The zero-order chi connectivity index (χ0) is 23.4. The Bertz CT molecular complexity index is 864. The first kappa shape index (κ1) is 24.0. The van der Waals surface area contributed by atoms with Crippen molar-refractivity contribution in [3.05, 3.63) is 47.0 Å². The van der Waals surface area contributed by atoms with Crippen molar-refractivity contribution in [1.29, 1.82) is 0 Å². The van der Waals surface area contributed by atoms with Crippen molar-refractivity contribution in [2.24, 2.45) is 11.8 Å². The Labute approximate surface area is 198 Å². The predicted octanol–water partition coefficient (Wildman–Crippen LogP) is 3.38. The maximum atomic E-state index is 13.2. The molecule has 0 aliphatic carbocycles. The normalized spacial score (nSPS) is 26.0. The van der Waals surface area contributed by atoms with Gasteiger partial charge in [0.25, 0.3) is 5.91 Å². The number of nitrogens with zero attached hydrogens (tertiary/aromatic N) is 2. The minimum atomic E-state index is -0.768. The first-order valence-electron chi connectivity index (χ1n) is 12.6. The van der Waals surface area contributed by atoms with Crippen molar-refractivity contribution in [3.63, 3.8) is 0 Å². The number of likely N-dealkylation sites (tertiary alicyclic amines) is 2. The number of ether oxygens (including phenoxy) is 1. The molecule has 1 spiro atoms. The lowest BCUT2D eigenvalue weighted by atomic mass is 9.82. The Balaban J connectivity index is 1.30. The third-order valence-corrected chi connectivity index (χ3v) is 7.45. The van der Waals surface area contributed by atoms with Gasteiger partial charge in [0.1, 0.15) is 5.60 Å². The van der Waals surface area contributed by atoms with Gasteiger partial charge in [-0.1, -0.05) is 44.2 Å². The van der Waals surface area contributed by atoms with Crippen LogP contribution < -0.4 is 5.32 Å². The Morgan fingerprint density at radius 3 is 2.42 bits per heavy atom. The van der Waals surface area contributed by atoms with E-state index in [9.17, 15) is 9.59 Å². The van der Waals surface area contributed by atoms with E-state index >= 15 is 0 Å². The Hall–Kier alpha value is -2.18. The highest BCUT2D eigenvalue weighted by Gasteiger charge is 2.50. The lowest BCUT2D eigenvalue weighted by Gasteiger charge is -2.39. The minimum Gasteiger partial charge on any atom is -0.450 e. The summed E-state index contributed by atoms with van der Waals surface area (Å²) in [6.45, 7) is 12.8. The zero-order valence-corrected chi connectivity index (χ0v) is 20.4. The van der Waals surface area contributed by atoms with Crippen molar-refractivity contribution >= 4 is 11.9 Å². The minimum absolute atomic E-state index is 0.129. The molecule has 3 heterocycles. The second-order valence-corrected chi connectivity index (χ2v) is 10.5. The van der Waals surface area contributed by atoms with Gasteiger partial charge >= 0.3 is 5.97 Å². The van der Waals surface area contributed by atoms with E-state index in [1.165, 1.54) is 12.0 Å². The maximum absolute atomic E-state index is 13.2. The van der Waals surface area contributed by atoms with E-state index in [1.807, 2.05) is 6.07 Å². The fourth-order valence-electron chi connectivity index (χ4n) is 5.96. The molecule has 0 aromatic heterocycles. The van der Waals surface area contributed by atoms with Crippen LogP contribution in [0.25, 0.3) is 0 Å². The fourth-order valence-corrected chi connectivity index (χ4v) is 5.96. The molecule has 33 heavy (non-hydrogen) atoms. The zero-order valence-electron chi connectivity index (χ0n) is 20.4. The van der Waals surface area contributed by atoms with E-state index in [1.54, 1.807) is 6.92 Å². The Kier molecular flexibility index (Phi) is 7.55. The van der Waals surface area contributed by atoms with Gasteiger partial charge in [0.05, 0.1) is 5.57 Å².